The fraction of sp³-hybridized carbons (Fsp3) is 0.333. The van der Waals surface area contributed by atoms with Crippen molar-refractivity contribution in [3.8, 4) is 0 Å². The van der Waals surface area contributed by atoms with Gasteiger partial charge in [-0.15, -0.1) is 6.58 Å². The van der Waals surface area contributed by atoms with Crippen LogP contribution in [0.4, 0.5) is 8.78 Å². The molecule has 0 heterocycles. The van der Waals surface area contributed by atoms with Crippen LogP contribution in [0.1, 0.15) is 5.56 Å². The topological polar surface area (TPSA) is 12.0 Å². The van der Waals surface area contributed by atoms with Gasteiger partial charge in [-0.3, -0.25) is 0 Å². The molecule has 0 fully saturated rings. The number of rotatable bonds is 7. The zero-order chi connectivity index (χ0) is 11.8. The van der Waals surface area contributed by atoms with Gasteiger partial charge in [0.05, 0.1) is 0 Å². The van der Waals surface area contributed by atoms with Crippen molar-refractivity contribution in [3.63, 3.8) is 0 Å². The van der Waals surface area contributed by atoms with Gasteiger partial charge in [-0.2, -0.15) is 11.8 Å². The summed E-state index contributed by atoms with van der Waals surface area (Å²) in [6, 6.07) is 3.50. The normalized spacial score (nSPS) is 10.4. The highest BCUT2D eigenvalue weighted by Crippen LogP contribution is 2.09. The maximum absolute atomic E-state index is 13.2. The predicted molar refractivity (Wildman–Crippen MR) is 65.6 cm³/mol. The van der Waals surface area contributed by atoms with Gasteiger partial charge < -0.3 is 5.32 Å². The van der Waals surface area contributed by atoms with E-state index in [0.717, 1.165) is 30.2 Å². The monoisotopic (exact) mass is 243 g/mol. The molecular formula is C12H15F2NS. The van der Waals surface area contributed by atoms with Gasteiger partial charge in [0.25, 0.3) is 0 Å². The molecular weight excluding hydrogens is 228 g/mol. The average molecular weight is 243 g/mol. The van der Waals surface area contributed by atoms with Crippen LogP contribution in [-0.2, 0) is 6.54 Å². The molecule has 0 aliphatic rings. The first kappa shape index (κ1) is 13.2. The van der Waals surface area contributed by atoms with Crippen LogP contribution in [0.3, 0.4) is 0 Å². The highest BCUT2D eigenvalue weighted by Gasteiger charge is 2.02. The molecule has 0 saturated heterocycles. The number of benzene rings is 1. The first-order valence-corrected chi connectivity index (χ1v) is 6.23. The van der Waals surface area contributed by atoms with E-state index in [2.05, 4.69) is 11.9 Å². The van der Waals surface area contributed by atoms with Crippen LogP contribution in [0.5, 0.6) is 0 Å². The van der Waals surface area contributed by atoms with Gasteiger partial charge in [-0.1, -0.05) is 6.08 Å². The Balaban J connectivity index is 2.26. The SMILES string of the molecule is C=CCSCCNCc1cc(F)ccc1F. The van der Waals surface area contributed by atoms with Crippen LogP contribution in [-0.4, -0.2) is 18.1 Å². The smallest absolute Gasteiger partial charge is 0.127 e. The van der Waals surface area contributed by atoms with E-state index in [1.165, 1.54) is 6.07 Å². The van der Waals surface area contributed by atoms with Crippen LogP contribution in [0.2, 0.25) is 0 Å². The summed E-state index contributed by atoms with van der Waals surface area (Å²) in [5.74, 6) is 1.07. The van der Waals surface area contributed by atoms with E-state index >= 15 is 0 Å². The molecule has 1 nitrogen and oxygen atoms in total. The summed E-state index contributed by atoms with van der Waals surface area (Å²) in [4.78, 5) is 0. The maximum atomic E-state index is 13.2. The molecule has 0 aliphatic heterocycles. The quantitative estimate of drug-likeness (QED) is 0.583. The van der Waals surface area contributed by atoms with Crippen molar-refractivity contribution in [2.24, 2.45) is 0 Å². The lowest BCUT2D eigenvalue weighted by Crippen LogP contribution is -2.17. The zero-order valence-electron chi connectivity index (χ0n) is 9.01. The summed E-state index contributed by atoms with van der Waals surface area (Å²) < 4.78 is 26.0. The average Bonchev–Trinajstić information content (AvgIpc) is 2.28. The van der Waals surface area contributed by atoms with E-state index in [1.54, 1.807) is 11.8 Å². The number of hydrogen-bond donors (Lipinski definition) is 1. The minimum atomic E-state index is -0.403. The second-order valence-electron chi connectivity index (χ2n) is 3.28. The van der Waals surface area contributed by atoms with Gasteiger partial charge >= 0.3 is 0 Å². The molecule has 0 bridgehead atoms. The molecule has 1 N–H and O–H groups in total. The molecule has 0 saturated carbocycles. The molecule has 0 aromatic heterocycles. The molecule has 1 rings (SSSR count). The fourth-order valence-corrected chi connectivity index (χ4v) is 1.83. The van der Waals surface area contributed by atoms with Crippen LogP contribution < -0.4 is 5.32 Å². The van der Waals surface area contributed by atoms with Gasteiger partial charge in [0.2, 0.25) is 0 Å². The molecule has 0 radical (unpaired) electrons. The summed E-state index contributed by atoms with van der Waals surface area (Å²) >= 11 is 1.75. The Morgan fingerprint density at radius 1 is 1.38 bits per heavy atom. The van der Waals surface area contributed by atoms with E-state index in [-0.39, 0.29) is 5.82 Å². The van der Waals surface area contributed by atoms with Crippen molar-refractivity contribution in [2.75, 3.05) is 18.1 Å². The zero-order valence-corrected chi connectivity index (χ0v) is 9.83. The van der Waals surface area contributed by atoms with Gasteiger partial charge in [0.15, 0.2) is 0 Å². The van der Waals surface area contributed by atoms with E-state index in [1.807, 2.05) is 6.08 Å². The third kappa shape index (κ3) is 4.77. The molecule has 0 spiro atoms. The lowest BCUT2D eigenvalue weighted by Gasteiger charge is -2.05. The number of hydrogen-bond acceptors (Lipinski definition) is 2. The standard InChI is InChI=1S/C12H15F2NS/c1-2-6-16-7-5-15-9-10-8-11(13)3-4-12(10)14/h2-4,8,15H,1,5-7,9H2. The Labute approximate surface area is 98.9 Å². The molecule has 0 unspecified atom stereocenters. The number of nitrogens with one attached hydrogen (secondary N) is 1. The Hall–Kier alpha value is -0.870. The lowest BCUT2D eigenvalue weighted by molar-refractivity contribution is 0.573. The van der Waals surface area contributed by atoms with Crippen LogP contribution in [0.25, 0.3) is 0 Å². The molecule has 1 aromatic carbocycles. The van der Waals surface area contributed by atoms with Gasteiger partial charge in [0.1, 0.15) is 11.6 Å². The predicted octanol–water partition coefficient (Wildman–Crippen LogP) is 2.97. The molecule has 16 heavy (non-hydrogen) atoms. The second kappa shape index (κ2) is 7.41. The van der Waals surface area contributed by atoms with Crippen LogP contribution in [0, 0.1) is 11.6 Å². The summed E-state index contributed by atoms with van der Waals surface area (Å²) in [5, 5.41) is 3.07. The van der Waals surface area contributed by atoms with Crippen LogP contribution >= 0.6 is 11.8 Å². The van der Waals surface area contributed by atoms with E-state index in [0.29, 0.717) is 12.1 Å². The number of thioether (sulfide) groups is 1. The molecule has 88 valence electrons. The Morgan fingerprint density at radius 2 is 2.19 bits per heavy atom. The lowest BCUT2D eigenvalue weighted by atomic mass is 10.2. The van der Waals surface area contributed by atoms with Gasteiger partial charge in [-0.25, -0.2) is 8.78 Å². The highest BCUT2D eigenvalue weighted by molar-refractivity contribution is 7.99. The van der Waals surface area contributed by atoms with Crippen molar-refractivity contribution < 1.29 is 8.78 Å². The second-order valence-corrected chi connectivity index (χ2v) is 4.43. The summed E-state index contributed by atoms with van der Waals surface area (Å²) in [5.41, 5.74) is 0.369. The molecule has 1 aromatic rings. The Bertz CT molecular complexity index is 342. The first-order chi connectivity index (χ1) is 7.74. The van der Waals surface area contributed by atoms with Crippen LogP contribution in [0.15, 0.2) is 30.9 Å². The molecule has 4 heteroatoms. The van der Waals surface area contributed by atoms with Crippen molar-refractivity contribution in [2.45, 2.75) is 6.54 Å². The summed E-state index contributed by atoms with van der Waals surface area (Å²) in [6.45, 7) is 4.75. The van der Waals surface area contributed by atoms with Crippen molar-refractivity contribution in [1.82, 2.24) is 5.32 Å². The van der Waals surface area contributed by atoms with E-state index in [9.17, 15) is 8.78 Å². The first-order valence-electron chi connectivity index (χ1n) is 5.07. The summed E-state index contributed by atoms with van der Waals surface area (Å²) in [7, 11) is 0. The van der Waals surface area contributed by atoms with E-state index < -0.39 is 5.82 Å². The number of halogens is 2. The van der Waals surface area contributed by atoms with Gasteiger partial charge in [0, 0.05) is 30.2 Å². The largest absolute Gasteiger partial charge is 0.312 e. The van der Waals surface area contributed by atoms with Crippen molar-refractivity contribution in [1.29, 1.82) is 0 Å². The fourth-order valence-electron chi connectivity index (χ4n) is 1.21. The minimum Gasteiger partial charge on any atom is -0.312 e. The molecule has 0 amide bonds. The third-order valence-corrected chi connectivity index (χ3v) is 2.95. The Kier molecular flexibility index (Phi) is 6.11. The third-order valence-electron chi connectivity index (χ3n) is 1.98. The molecule has 0 aliphatic carbocycles. The maximum Gasteiger partial charge on any atom is 0.127 e. The van der Waals surface area contributed by atoms with Crippen molar-refractivity contribution >= 4 is 11.8 Å². The van der Waals surface area contributed by atoms with Gasteiger partial charge in [-0.05, 0) is 18.2 Å². The highest BCUT2D eigenvalue weighted by atomic mass is 32.2. The van der Waals surface area contributed by atoms with E-state index in [4.69, 9.17) is 0 Å². The minimum absolute atomic E-state index is 0.359. The molecule has 0 atom stereocenters. The van der Waals surface area contributed by atoms with Crippen molar-refractivity contribution in [3.05, 3.63) is 48.1 Å². The Morgan fingerprint density at radius 3 is 2.94 bits per heavy atom. The summed E-state index contributed by atoms with van der Waals surface area (Å²) in [6.07, 6.45) is 1.84.